The third-order valence-electron chi connectivity index (χ3n) is 18.8. The Morgan fingerprint density at radius 3 is 1.11 bits per heavy atom. The van der Waals surface area contributed by atoms with Crippen LogP contribution in [0.1, 0.15) is 172 Å². The zero-order chi connectivity index (χ0) is 87.9. The summed E-state index contributed by atoms with van der Waals surface area (Å²) in [7, 11) is 1.93. The first-order valence-electron chi connectivity index (χ1n) is 42.2. The number of morpholine rings is 1. The number of unbranched alkanes of at least 4 members (excludes halogenated alkanes) is 10. The quantitative estimate of drug-likeness (QED) is 0.0158. The van der Waals surface area contributed by atoms with Gasteiger partial charge in [-0.3, -0.25) is 24.0 Å². The van der Waals surface area contributed by atoms with Gasteiger partial charge in [0.15, 0.2) is 84.9 Å². The lowest BCUT2D eigenvalue weighted by atomic mass is 10.1. The van der Waals surface area contributed by atoms with E-state index in [2.05, 4.69) is 171 Å². The molecule has 13 N–H and O–H groups in total. The molecular formula is C81H122N30O11. The van der Waals surface area contributed by atoms with E-state index < -0.39 is 29.8 Å². The monoisotopic (exact) mass is 1690 g/mol. The van der Waals surface area contributed by atoms with Crippen LogP contribution in [0.25, 0.3) is 55.8 Å². The Kier molecular flexibility index (Phi) is 38.6. The summed E-state index contributed by atoms with van der Waals surface area (Å²) in [5.41, 5.74) is 6.45. The van der Waals surface area contributed by atoms with E-state index in [1.807, 2.05) is 63.1 Å². The molecule has 0 unspecified atom stereocenters. The third kappa shape index (κ3) is 29.6. The maximum atomic E-state index is 11.1. The Hall–Kier alpha value is -12.7. The number of hydrogen-bond donors (Lipinski definition) is 13. The lowest BCUT2D eigenvalue weighted by Crippen LogP contribution is -2.37. The van der Waals surface area contributed by atoms with Gasteiger partial charge in [0.2, 0.25) is 29.7 Å². The fourth-order valence-electron chi connectivity index (χ4n) is 12.4. The van der Waals surface area contributed by atoms with Gasteiger partial charge in [0.1, 0.15) is 32.7 Å². The first-order valence-corrected chi connectivity index (χ1v) is 42.2. The van der Waals surface area contributed by atoms with Crippen molar-refractivity contribution in [3.05, 3.63) is 62.0 Å². The zero-order valence-electron chi connectivity index (χ0n) is 72.1. The summed E-state index contributed by atoms with van der Waals surface area (Å²) in [6.45, 7) is 28.5. The third-order valence-corrected chi connectivity index (χ3v) is 18.8. The minimum Gasteiger partial charge on any atom is -0.480 e. The van der Waals surface area contributed by atoms with E-state index in [0.29, 0.717) is 128 Å². The number of benzene rings is 1. The number of carbonyl (C=O) groups is 5. The Morgan fingerprint density at radius 2 is 0.738 bits per heavy atom. The molecule has 1 aliphatic rings. The number of fused-ring (bicyclic) bond motifs is 5. The van der Waals surface area contributed by atoms with Crippen LogP contribution in [-0.2, 0) is 61.4 Å². The molecule has 662 valence electrons. The highest BCUT2D eigenvalue weighted by atomic mass is 16.5. The summed E-state index contributed by atoms with van der Waals surface area (Å²) < 4.78 is 13.0. The molecule has 10 aromatic heterocycles. The number of rotatable bonds is 46. The zero-order valence-corrected chi connectivity index (χ0v) is 72.1. The number of nitrogens with one attached hydrogen (secondary N) is 8. The van der Waals surface area contributed by atoms with Gasteiger partial charge < -0.3 is 105 Å². The molecule has 0 spiro atoms. The summed E-state index contributed by atoms with van der Waals surface area (Å²) in [6, 6.07) is 9.82. The molecule has 41 heteroatoms. The predicted octanol–water partition coefficient (Wildman–Crippen LogP) is 11.9. The Labute approximate surface area is 709 Å². The summed E-state index contributed by atoms with van der Waals surface area (Å²) in [5, 5.41) is 71.2. The van der Waals surface area contributed by atoms with Crippen LogP contribution < -0.4 is 52.3 Å². The Morgan fingerprint density at radius 1 is 0.402 bits per heavy atom. The molecule has 11 heterocycles. The van der Waals surface area contributed by atoms with Crippen molar-refractivity contribution in [2.75, 3.05) is 131 Å². The largest absolute Gasteiger partial charge is 0.480 e. The summed E-state index contributed by atoms with van der Waals surface area (Å²) in [5.74, 6) is 1.65. The maximum absolute atomic E-state index is 11.1. The molecule has 1 fully saturated rings. The first kappa shape index (κ1) is 94.8. The summed E-state index contributed by atoms with van der Waals surface area (Å²) >= 11 is 0. The number of aromatic nitrogens is 20. The molecule has 0 amide bonds. The number of nitrogens with zero attached hydrogens (tertiary/aromatic N) is 22. The van der Waals surface area contributed by atoms with Crippen LogP contribution in [0.15, 0.2) is 62.0 Å². The predicted molar refractivity (Wildman–Crippen MR) is 473 cm³/mol. The number of para-hydroxylation sites is 1. The van der Waals surface area contributed by atoms with E-state index in [1.165, 1.54) is 49.9 Å². The van der Waals surface area contributed by atoms with E-state index in [1.54, 1.807) is 4.57 Å². The normalized spacial score (nSPS) is 11.8. The number of anilines is 11. The van der Waals surface area contributed by atoms with Crippen LogP contribution in [0, 0.1) is 5.92 Å². The molecule has 11 aromatic rings. The summed E-state index contributed by atoms with van der Waals surface area (Å²) in [4.78, 5) is 126. The second-order valence-electron chi connectivity index (χ2n) is 29.8. The lowest BCUT2D eigenvalue weighted by Gasteiger charge is -2.28. The molecule has 1 aliphatic heterocycles. The molecule has 0 bridgehead atoms. The van der Waals surface area contributed by atoms with E-state index in [4.69, 9.17) is 30.3 Å². The Bertz CT molecular complexity index is 5080. The van der Waals surface area contributed by atoms with E-state index in [9.17, 15) is 24.0 Å². The van der Waals surface area contributed by atoms with Crippen molar-refractivity contribution < 1.29 is 54.2 Å². The van der Waals surface area contributed by atoms with Crippen LogP contribution in [0.3, 0.4) is 0 Å². The summed E-state index contributed by atoms with van der Waals surface area (Å²) in [6.07, 6.45) is 25.1. The highest BCUT2D eigenvalue weighted by Gasteiger charge is 2.24. The van der Waals surface area contributed by atoms with Crippen molar-refractivity contribution in [3.63, 3.8) is 0 Å². The van der Waals surface area contributed by atoms with Crippen LogP contribution in [0.4, 0.5) is 64.5 Å². The van der Waals surface area contributed by atoms with Crippen molar-refractivity contribution in [1.29, 1.82) is 0 Å². The van der Waals surface area contributed by atoms with Gasteiger partial charge in [-0.25, -0.2) is 24.9 Å². The number of carboxylic acids is 5. The molecule has 122 heavy (non-hydrogen) atoms. The first-order chi connectivity index (χ1) is 58.9. The van der Waals surface area contributed by atoms with Gasteiger partial charge in [-0.15, -0.1) is 0 Å². The second-order valence-corrected chi connectivity index (χ2v) is 29.8. The molecule has 12 rings (SSSR count). The molecule has 1 saturated heterocycles. The van der Waals surface area contributed by atoms with E-state index in [-0.39, 0.29) is 38.8 Å². The minimum atomic E-state index is -0.946. The highest BCUT2D eigenvalue weighted by molar-refractivity contribution is 5.90. The lowest BCUT2D eigenvalue weighted by molar-refractivity contribution is -0.138. The van der Waals surface area contributed by atoms with E-state index in [0.717, 1.165) is 173 Å². The van der Waals surface area contributed by atoms with Crippen molar-refractivity contribution >= 4 is 150 Å². The average Bonchev–Trinajstić information content (AvgIpc) is 1.66. The SMILES string of the molecule is CCCCCNc1nc(N(C)CC)c2ncn(CC(=O)O)c2n1.CCCCCNc1nc(N2CCOCC2)c2ncn(CC(=O)O)c2n1.CCCCCNc1nc(NC(C)C)c2ncn(CC(=O)O)c2n1.CCCCCNc1nc(NCCC(C)C)c2ncn(CC(=O)O)c2n1.CCCCCNc1nc(Nc2ccccc2)c2ncn(CC(=O)O)c2n1. The molecule has 41 nitrogen and oxygen atoms in total. The topological polar surface area (TPSA) is 516 Å². The molecule has 1 aromatic carbocycles. The average molecular weight is 1690 g/mol. The number of aliphatic carboxylic acids is 5. The maximum Gasteiger partial charge on any atom is 0.323 e. The highest BCUT2D eigenvalue weighted by Crippen LogP contribution is 2.30. The van der Waals surface area contributed by atoms with Gasteiger partial charge in [-0.2, -0.15) is 49.8 Å². The van der Waals surface area contributed by atoms with Gasteiger partial charge in [0.05, 0.1) is 44.9 Å². The van der Waals surface area contributed by atoms with Crippen LogP contribution in [-0.4, -0.2) is 238 Å². The second kappa shape index (κ2) is 49.7. The van der Waals surface area contributed by atoms with Gasteiger partial charge in [-0.05, 0) is 77.3 Å². The van der Waals surface area contributed by atoms with Crippen LogP contribution >= 0.6 is 0 Å². The molecule has 0 atom stereocenters. The fourth-order valence-corrected chi connectivity index (χ4v) is 12.4. The molecule has 0 saturated carbocycles. The number of imidazole rings is 5. The molecule has 0 aliphatic carbocycles. The van der Waals surface area contributed by atoms with Crippen molar-refractivity contribution in [3.8, 4) is 0 Å². The van der Waals surface area contributed by atoms with Gasteiger partial charge in [0, 0.05) is 77.7 Å². The number of ether oxygens (including phenoxy) is 1. The standard InChI is InChI=1S/C18H22N6O2.C17H28N6O2.C16H24N6O3.2C15H24N6O2/c1-2-3-7-10-19-18-22-16(21-13-8-5-4-6-9-13)15-17(23-18)24(12-20-15)11-14(25)26;1-4-5-6-8-19-17-21-15(18-9-7-12(2)3)14-16(22-17)23(11-20-14)10-13(24)25;1-2-3-4-5-17-16-19-14(21-6-8-25-9-7-21)13-15(20-16)22(11-18-13)10-12(23)24;1-4-5-6-7-16-15-19-13(18-10(2)3)12-14(20-15)21(9-17-12)8-11(22)23;1-4-6-7-8-16-15-18-13(20(3)5-2)12-14(19-15)21(10-17-12)9-11(22)23/h4-6,8-9,12H,2-3,7,10-11H2,1H3,(H,25,26)(H2,19,21,22,23);11-12H,4-10H2,1-3H3,(H,24,25)(H2,18,19,21,22);11H,2-10H2,1H3,(H,23,24)(H,17,19,20);9-10H,4-8H2,1-3H3,(H,22,23)(H2,16,18,19,20);10H,4-9H2,1-3H3,(H,22,23)(H,16,18,19). The molecular weight excluding hydrogens is 1570 g/mol. The van der Waals surface area contributed by atoms with Gasteiger partial charge in [-0.1, -0.05) is 131 Å². The van der Waals surface area contributed by atoms with E-state index >= 15 is 0 Å². The smallest absolute Gasteiger partial charge is 0.323 e. The number of carboxylic acid groups (broad SMARTS) is 5. The van der Waals surface area contributed by atoms with Crippen molar-refractivity contribution in [2.24, 2.45) is 5.92 Å². The van der Waals surface area contributed by atoms with Crippen LogP contribution in [0.2, 0.25) is 0 Å². The fraction of sp³-hybridized carbons (Fsp3) is 0.556. The Balaban J connectivity index is 0.000000190. The van der Waals surface area contributed by atoms with Crippen LogP contribution in [0.5, 0.6) is 0 Å². The molecule has 0 radical (unpaired) electrons. The van der Waals surface area contributed by atoms with Crippen molar-refractivity contribution in [1.82, 2.24) is 97.6 Å². The van der Waals surface area contributed by atoms with Gasteiger partial charge in [0.25, 0.3) is 0 Å². The number of hydrogen-bond acceptors (Lipinski definition) is 31. The minimum absolute atomic E-state index is 0.169. The van der Waals surface area contributed by atoms with Crippen molar-refractivity contribution in [2.45, 2.75) is 211 Å². The van der Waals surface area contributed by atoms with Gasteiger partial charge >= 0.3 is 29.8 Å².